The van der Waals surface area contributed by atoms with Crippen LogP contribution in [-0.2, 0) is 18.3 Å². The van der Waals surface area contributed by atoms with E-state index in [0.717, 1.165) is 27.4 Å². The lowest BCUT2D eigenvalue weighted by atomic mass is 10.1. The van der Waals surface area contributed by atoms with Crippen LogP contribution < -0.4 is 10.1 Å². The lowest BCUT2D eigenvalue weighted by Crippen LogP contribution is -2.15. The molecule has 3 aromatic rings. The van der Waals surface area contributed by atoms with Crippen molar-refractivity contribution in [2.75, 3.05) is 5.32 Å². The number of ether oxygens (including phenoxy) is 1. The first-order valence-electron chi connectivity index (χ1n) is 8.56. The van der Waals surface area contributed by atoms with Gasteiger partial charge >= 0.3 is 6.61 Å². The zero-order chi connectivity index (χ0) is 20.4. The number of carbonyl (C=O) groups is 1. The van der Waals surface area contributed by atoms with Gasteiger partial charge in [-0.3, -0.25) is 9.48 Å². The molecule has 0 atom stereocenters. The number of nitrogens with zero attached hydrogens (tertiary/aromatic N) is 3. The maximum atomic E-state index is 12.4. The van der Waals surface area contributed by atoms with Gasteiger partial charge in [-0.25, -0.2) is 4.98 Å². The number of carbonyl (C=O) groups excluding carboxylic acids is 1. The van der Waals surface area contributed by atoms with Crippen molar-refractivity contribution >= 4 is 22.4 Å². The van der Waals surface area contributed by atoms with Crippen molar-refractivity contribution in [2.45, 2.75) is 33.8 Å². The highest BCUT2D eigenvalue weighted by Gasteiger charge is 2.16. The van der Waals surface area contributed by atoms with Crippen LogP contribution in [0.25, 0.3) is 11.3 Å². The van der Waals surface area contributed by atoms with Crippen LogP contribution in [-0.4, -0.2) is 27.3 Å². The summed E-state index contributed by atoms with van der Waals surface area (Å²) in [5, 5.41) is 7.64. The highest BCUT2D eigenvalue weighted by Crippen LogP contribution is 2.31. The van der Waals surface area contributed by atoms with E-state index in [9.17, 15) is 13.6 Å². The number of thiazole rings is 1. The molecule has 2 heterocycles. The number of nitrogens with one attached hydrogen (secondary N) is 1. The number of rotatable bonds is 6. The van der Waals surface area contributed by atoms with Crippen molar-refractivity contribution < 1.29 is 18.3 Å². The Morgan fingerprint density at radius 2 is 1.93 bits per heavy atom. The Bertz CT molecular complexity index is 996. The smallest absolute Gasteiger partial charge is 0.387 e. The molecular formula is C19H20F2N4O2S. The molecular weight excluding hydrogens is 386 g/mol. The lowest BCUT2D eigenvalue weighted by Gasteiger charge is -2.05. The topological polar surface area (TPSA) is 69.0 Å². The third-order valence-electron chi connectivity index (χ3n) is 4.39. The van der Waals surface area contributed by atoms with Gasteiger partial charge in [-0.15, -0.1) is 11.3 Å². The van der Waals surface area contributed by atoms with Crippen LogP contribution in [0.2, 0.25) is 0 Å². The van der Waals surface area contributed by atoms with Gasteiger partial charge in [0.1, 0.15) is 5.75 Å². The Morgan fingerprint density at radius 1 is 1.25 bits per heavy atom. The van der Waals surface area contributed by atoms with Gasteiger partial charge in [-0.05, 0) is 45.0 Å². The molecule has 28 heavy (non-hydrogen) atoms. The van der Waals surface area contributed by atoms with Crippen molar-refractivity contribution in [3.63, 3.8) is 0 Å². The summed E-state index contributed by atoms with van der Waals surface area (Å²) in [5.74, 6) is -0.0810. The molecule has 0 bridgehead atoms. The summed E-state index contributed by atoms with van der Waals surface area (Å²) < 4.78 is 30.6. The minimum absolute atomic E-state index is 0.0855. The standard InChI is InChI=1S/C19H20F2N4O2S/c1-10-15(11(2)25(4)24-10)9-16(26)22-19-23-17(12(3)28-19)13-5-7-14(8-6-13)27-18(20)21/h5-8,18H,9H2,1-4H3,(H,22,23,26). The average molecular weight is 406 g/mol. The number of amides is 1. The van der Waals surface area contributed by atoms with E-state index >= 15 is 0 Å². The molecule has 0 unspecified atom stereocenters. The Hall–Kier alpha value is -2.81. The predicted octanol–water partition coefficient (Wildman–Crippen LogP) is 4.25. The molecule has 3 rings (SSSR count). The second-order valence-electron chi connectivity index (χ2n) is 6.32. The molecule has 0 aliphatic carbocycles. The Balaban J connectivity index is 1.72. The van der Waals surface area contributed by atoms with Gasteiger partial charge < -0.3 is 10.1 Å². The fourth-order valence-electron chi connectivity index (χ4n) is 2.91. The van der Waals surface area contributed by atoms with E-state index in [1.165, 1.54) is 23.5 Å². The molecule has 0 saturated carbocycles. The van der Waals surface area contributed by atoms with E-state index in [0.29, 0.717) is 10.8 Å². The second kappa shape index (κ2) is 8.05. The average Bonchev–Trinajstić information content (AvgIpc) is 3.09. The summed E-state index contributed by atoms with van der Waals surface area (Å²) in [6, 6.07) is 6.25. The normalized spacial score (nSPS) is 11.1. The molecule has 1 amide bonds. The van der Waals surface area contributed by atoms with Crippen molar-refractivity contribution in [1.82, 2.24) is 14.8 Å². The summed E-state index contributed by atoms with van der Waals surface area (Å²) in [5.41, 5.74) is 4.14. The van der Waals surface area contributed by atoms with Crippen LogP contribution in [0, 0.1) is 20.8 Å². The van der Waals surface area contributed by atoms with Gasteiger partial charge in [0, 0.05) is 28.7 Å². The first-order valence-corrected chi connectivity index (χ1v) is 9.38. The molecule has 0 aliphatic rings. The van der Waals surface area contributed by atoms with E-state index < -0.39 is 6.61 Å². The van der Waals surface area contributed by atoms with Crippen LogP contribution in [0.3, 0.4) is 0 Å². The predicted molar refractivity (Wildman–Crippen MR) is 104 cm³/mol. The highest BCUT2D eigenvalue weighted by atomic mass is 32.1. The van der Waals surface area contributed by atoms with Crippen LogP contribution >= 0.6 is 11.3 Å². The van der Waals surface area contributed by atoms with E-state index in [-0.39, 0.29) is 18.1 Å². The molecule has 148 valence electrons. The maximum Gasteiger partial charge on any atom is 0.387 e. The van der Waals surface area contributed by atoms with Gasteiger partial charge in [-0.1, -0.05) is 0 Å². The Labute approximate surface area is 165 Å². The summed E-state index contributed by atoms with van der Waals surface area (Å²) in [7, 11) is 1.85. The third kappa shape index (κ3) is 4.36. The summed E-state index contributed by atoms with van der Waals surface area (Å²) in [6.07, 6.45) is 0.221. The molecule has 0 spiro atoms. The molecule has 6 nitrogen and oxygen atoms in total. The van der Waals surface area contributed by atoms with Gasteiger partial charge in [0.15, 0.2) is 5.13 Å². The molecule has 0 aliphatic heterocycles. The monoisotopic (exact) mass is 406 g/mol. The van der Waals surface area contributed by atoms with E-state index in [1.54, 1.807) is 16.8 Å². The van der Waals surface area contributed by atoms with E-state index in [4.69, 9.17) is 0 Å². The quantitative estimate of drug-likeness (QED) is 0.664. The summed E-state index contributed by atoms with van der Waals surface area (Å²) in [6.45, 7) is 2.83. The van der Waals surface area contributed by atoms with E-state index in [2.05, 4.69) is 20.1 Å². The lowest BCUT2D eigenvalue weighted by molar-refractivity contribution is -0.115. The largest absolute Gasteiger partial charge is 0.435 e. The van der Waals surface area contributed by atoms with Crippen LogP contribution in [0.5, 0.6) is 5.75 Å². The van der Waals surface area contributed by atoms with Gasteiger partial charge in [0.2, 0.25) is 5.91 Å². The third-order valence-corrected chi connectivity index (χ3v) is 5.28. The number of alkyl halides is 2. The first-order chi connectivity index (χ1) is 13.2. The fraction of sp³-hybridized carbons (Fsp3) is 0.316. The first kappa shape index (κ1) is 19.9. The number of hydrogen-bond donors (Lipinski definition) is 1. The zero-order valence-electron chi connectivity index (χ0n) is 15.9. The Morgan fingerprint density at radius 3 is 2.50 bits per heavy atom. The van der Waals surface area contributed by atoms with Gasteiger partial charge in [0.25, 0.3) is 0 Å². The molecule has 0 fully saturated rings. The number of aromatic nitrogens is 3. The number of anilines is 1. The van der Waals surface area contributed by atoms with Crippen molar-refractivity contribution in [1.29, 1.82) is 0 Å². The molecule has 2 aromatic heterocycles. The summed E-state index contributed by atoms with van der Waals surface area (Å²) >= 11 is 1.36. The van der Waals surface area contributed by atoms with Gasteiger partial charge in [0.05, 0.1) is 17.8 Å². The molecule has 0 radical (unpaired) electrons. The zero-order valence-corrected chi connectivity index (χ0v) is 16.7. The maximum absolute atomic E-state index is 12.4. The SMILES string of the molecule is Cc1nn(C)c(C)c1CC(=O)Nc1nc(-c2ccc(OC(F)F)cc2)c(C)s1. The number of benzene rings is 1. The fourth-order valence-corrected chi connectivity index (χ4v) is 3.76. The molecule has 0 saturated heterocycles. The van der Waals surface area contributed by atoms with Gasteiger partial charge in [-0.2, -0.15) is 13.9 Å². The van der Waals surface area contributed by atoms with Crippen LogP contribution in [0.4, 0.5) is 13.9 Å². The Kier molecular flexibility index (Phi) is 5.73. The second-order valence-corrected chi connectivity index (χ2v) is 7.53. The van der Waals surface area contributed by atoms with Crippen LogP contribution in [0.1, 0.15) is 21.8 Å². The minimum Gasteiger partial charge on any atom is -0.435 e. The molecule has 1 N–H and O–H groups in total. The van der Waals surface area contributed by atoms with Crippen LogP contribution in [0.15, 0.2) is 24.3 Å². The minimum atomic E-state index is -2.86. The van der Waals surface area contributed by atoms with Crippen molar-refractivity contribution in [3.05, 3.63) is 46.1 Å². The number of hydrogen-bond acceptors (Lipinski definition) is 5. The van der Waals surface area contributed by atoms with Crippen molar-refractivity contribution in [3.8, 4) is 17.0 Å². The number of aryl methyl sites for hydroxylation is 3. The van der Waals surface area contributed by atoms with E-state index in [1.807, 2.05) is 27.8 Å². The van der Waals surface area contributed by atoms with Crippen molar-refractivity contribution in [2.24, 2.45) is 7.05 Å². The molecule has 9 heteroatoms. The summed E-state index contributed by atoms with van der Waals surface area (Å²) in [4.78, 5) is 17.8. The number of halogens is 2. The molecule has 1 aromatic carbocycles. The highest BCUT2D eigenvalue weighted by molar-refractivity contribution is 7.16.